The maximum Gasteiger partial charge on any atom is 0.123 e. The Balaban J connectivity index is 1.38. The zero-order valence-electron chi connectivity index (χ0n) is 19.3. The highest BCUT2D eigenvalue weighted by molar-refractivity contribution is 6.00. The van der Waals surface area contributed by atoms with Crippen LogP contribution in [0.1, 0.15) is 70.8 Å². The fraction of sp³-hybridized carbons (Fsp3) is 0.607. The van der Waals surface area contributed by atoms with Crippen LogP contribution in [0.25, 0.3) is 6.08 Å². The maximum absolute atomic E-state index is 13.2. The van der Waals surface area contributed by atoms with Gasteiger partial charge in [0.15, 0.2) is 0 Å². The van der Waals surface area contributed by atoms with Crippen LogP contribution >= 0.6 is 0 Å². The minimum absolute atomic E-state index is 0.145. The molecule has 32 heavy (non-hydrogen) atoms. The molecule has 0 bridgehead atoms. The quantitative estimate of drug-likeness (QED) is 0.242. The third-order valence-corrected chi connectivity index (χ3v) is 9.87. The number of benzene rings is 1. The van der Waals surface area contributed by atoms with E-state index in [0.717, 1.165) is 43.4 Å². The number of aliphatic hydroxyl groups is 1. The molecule has 4 aliphatic rings. The molecule has 0 aromatic heterocycles. The summed E-state index contributed by atoms with van der Waals surface area (Å²) in [7, 11) is 0. The molecule has 4 heteroatoms. The summed E-state index contributed by atoms with van der Waals surface area (Å²) in [6.07, 6.45) is 14.8. The predicted molar refractivity (Wildman–Crippen MR) is 126 cm³/mol. The fourth-order valence-corrected chi connectivity index (χ4v) is 8.10. The molecule has 0 amide bonds. The van der Waals surface area contributed by atoms with Gasteiger partial charge in [0.2, 0.25) is 0 Å². The largest absolute Gasteiger partial charge is 0.411 e. The summed E-state index contributed by atoms with van der Waals surface area (Å²) in [4.78, 5) is 0. The number of oxime groups is 1. The van der Waals surface area contributed by atoms with E-state index < -0.39 is 0 Å². The minimum atomic E-state index is -0.244. The van der Waals surface area contributed by atoms with Crippen molar-refractivity contribution in [2.45, 2.75) is 71.3 Å². The number of hydrogen-bond donors (Lipinski definition) is 2. The Kier molecular flexibility index (Phi) is 5.56. The van der Waals surface area contributed by atoms with Gasteiger partial charge < -0.3 is 10.3 Å². The van der Waals surface area contributed by atoms with E-state index in [4.69, 9.17) is 0 Å². The van der Waals surface area contributed by atoms with Gasteiger partial charge in [0.25, 0.3) is 0 Å². The summed E-state index contributed by atoms with van der Waals surface area (Å²) in [6.45, 7) is 4.89. The first-order valence-electron chi connectivity index (χ1n) is 12.4. The molecule has 3 fully saturated rings. The molecular formula is C28H36FNO2. The van der Waals surface area contributed by atoms with Crippen molar-refractivity contribution in [2.24, 2.45) is 39.7 Å². The first-order valence-corrected chi connectivity index (χ1v) is 12.4. The molecule has 0 unspecified atom stereocenters. The Labute approximate surface area is 191 Å². The molecule has 1 aromatic rings. The lowest BCUT2D eigenvalue weighted by Gasteiger charge is -2.58. The van der Waals surface area contributed by atoms with Gasteiger partial charge in [-0.1, -0.05) is 48.9 Å². The third kappa shape index (κ3) is 3.46. The van der Waals surface area contributed by atoms with E-state index in [1.54, 1.807) is 12.1 Å². The normalized spacial score (nSPS) is 41.7. The molecule has 4 aliphatic carbocycles. The topological polar surface area (TPSA) is 52.8 Å². The average molecular weight is 438 g/mol. The van der Waals surface area contributed by atoms with Gasteiger partial charge in [-0.3, -0.25) is 0 Å². The van der Waals surface area contributed by atoms with Gasteiger partial charge in [-0.25, -0.2) is 4.39 Å². The summed E-state index contributed by atoms with van der Waals surface area (Å²) >= 11 is 0. The molecule has 0 heterocycles. The summed E-state index contributed by atoms with van der Waals surface area (Å²) < 4.78 is 13.2. The first-order chi connectivity index (χ1) is 15.3. The molecular weight excluding hydrogens is 401 g/mol. The van der Waals surface area contributed by atoms with Crippen LogP contribution in [0.2, 0.25) is 0 Å². The van der Waals surface area contributed by atoms with Crippen molar-refractivity contribution in [3.8, 4) is 0 Å². The van der Waals surface area contributed by atoms with Crippen LogP contribution in [0.3, 0.4) is 0 Å². The van der Waals surface area contributed by atoms with Crippen LogP contribution in [0.4, 0.5) is 4.39 Å². The minimum Gasteiger partial charge on any atom is -0.411 e. The molecule has 3 nitrogen and oxygen atoms in total. The molecule has 5 rings (SSSR count). The molecule has 2 N–H and O–H groups in total. The third-order valence-electron chi connectivity index (χ3n) is 9.87. The second-order valence-corrected chi connectivity index (χ2v) is 11.2. The van der Waals surface area contributed by atoms with Crippen LogP contribution in [0.5, 0.6) is 0 Å². The monoisotopic (exact) mass is 437 g/mol. The molecule has 1 aromatic carbocycles. The number of hydrogen-bond acceptors (Lipinski definition) is 3. The SMILES string of the molecule is C[C@]12CC[C@H]3[C@@H](CC=C4C[C@@H](O)CC[C@@]43C)[C@@H]1CC[C@@H]2C(/C=C/c1ccc(F)cc1)=N/O. The summed E-state index contributed by atoms with van der Waals surface area (Å²) in [5, 5.41) is 23.9. The van der Waals surface area contributed by atoms with Gasteiger partial charge >= 0.3 is 0 Å². The molecule has 0 aliphatic heterocycles. The van der Waals surface area contributed by atoms with Gasteiger partial charge in [0, 0.05) is 5.92 Å². The molecule has 172 valence electrons. The standard InChI is InChI=1S/C28H36FNO2/c1-27-15-13-21(31)17-19(27)6-9-22-23-10-11-25(28(23,2)16-14-24(22)27)26(30-32)12-5-18-3-7-20(29)8-4-18/h3-8,12,21-25,31-32H,9-11,13-17H2,1-2H3/b12-5+,30-26+/t21-,22-,23-,24-,25+,27-,28-/m0/s1. The lowest BCUT2D eigenvalue weighted by atomic mass is 9.47. The van der Waals surface area contributed by atoms with Gasteiger partial charge in [-0.05, 0) is 104 Å². The van der Waals surface area contributed by atoms with Gasteiger partial charge in [0.1, 0.15) is 5.82 Å². The Hall–Kier alpha value is -1.94. The highest BCUT2D eigenvalue weighted by Crippen LogP contribution is 2.66. The maximum atomic E-state index is 13.2. The van der Waals surface area contributed by atoms with E-state index in [1.807, 2.05) is 12.2 Å². The lowest BCUT2D eigenvalue weighted by Crippen LogP contribution is -2.51. The van der Waals surface area contributed by atoms with Crippen molar-refractivity contribution >= 4 is 11.8 Å². The van der Waals surface area contributed by atoms with Crippen molar-refractivity contribution in [1.82, 2.24) is 0 Å². The fourth-order valence-electron chi connectivity index (χ4n) is 8.10. The Morgan fingerprint density at radius 1 is 1.06 bits per heavy atom. The van der Waals surface area contributed by atoms with Crippen molar-refractivity contribution in [1.29, 1.82) is 0 Å². The number of aliphatic hydroxyl groups excluding tert-OH is 1. The van der Waals surface area contributed by atoms with E-state index in [1.165, 1.54) is 37.0 Å². The molecule has 0 spiro atoms. The summed E-state index contributed by atoms with van der Waals surface area (Å²) in [5.74, 6) is 2.04. The van der Waals surface area contributed by atoms with Crippen molar-refractivity contribution in [2.75, 3.05) is 0 Å². The van der Waals surface area contributed by atoms with E-state index in [9.17, 15) is 14.7 Å². The van der Waals surface area contributed by atoms with E-state index in [2.05, 4.69) is 25.1 Å². The van der Waals surface area contributed by atoms with Gasteiger partial charge in [0.05, 0.1) is 11.8 Å². The number of fused-ring (bicyclic) bond motifs is 5. The predicted octanol–water partition coefficient (Wildman–Crippen LogP) is 6.61. The average Bonchev–Trinajstić information content (AvgIpc) is 3.13. The van der Waals surface area contributed by atoms with E-state index >= 15 is 0 Å². The Bertz CT molecular complexity index is 951. The van der Waals surface area contributed by atoms with Crippen LogP contribution in [0, 0.1) is 40.3 Å². The summed E-state index contributed by atoms with van der Waals surface area (Å²) in [6, 6.07) is 6.41. The Morgan fingerprint density at radius 3 is 2.59 bits per heavy atom. The molecule has 3 saturated carbocycles. The van der Waals surface area contributed by atoms with Gasteiger partial charge in [-0.15, -0.1) is 0 Å². The zero-order valence-corrected chi connectivity index (χ0v) is 19.3. The van der Waals surface area contributed by atoms with Crippen LogP contribution in [-0.2, 0) is 0 Å². The van der Waals surface area contributed by atoms with Crippen molar-refractivity contribution < 1.29 is 14.7 Å². The Morgan fingerprint density at radius 2 is 1.84 bits per heavy atom. The van der Waals surface area contributed by atoms with Crippen LogP contribution in [0.15, 0.2) is 47.1 Å². The highest BCUT2D eigenvalue weighted by Gasteiger charge is 2.59. The smallest absolute Gasteiger partial charge is 0.123 e. The molecule has 0 saturated heterocycles. The molecule has 0 radical (unpaired) electrons. The van der Waals surface area contributed by atoms with Crippen LogP contribution in [-0.4, -0.2) is 22.1 Å². The summed E-state index contributed by atoms with van der Waals surface area (Å²) in [5.41, 5.74) is 3.57. The number of rotatable bonds is 3. The number of nitrogens with zero attached hydrogens (tertiary/aromatic N) is 1. The second kappa shape index (κ2) is 8.13. The number of halogens is 1. The van der Waals surface area contributed by atoms with Crippen molar-refractivity contribution in [3.63, 3.8) is 0 Å². The lowest BCUT2D eigenvalue weighted by molar-refractivity contribution is -0.0424. The van der Waals surface area contributed by atoms with E-state index in [0.29, 0.717) is 17.8 Å². The van der Waals surface area contributed by atoms with Gasteiger partial charge in [-0.2, -0.15) is 0 Å². The van der Waals surface area contributed by atoms with Crippen molar-refractivity contribution in [3.05, 3.63) is 53.4 Å². The first kappa shape index (κ1) is 21.9. The zero-order chi connectivity index (χ0) is 22.5. The van der Waals surface area contributed by atoms with E-state index in [-0.39, 0.29) is 28.7 Å². The van der Waals surface area contributed by atoms with Crippen LogP contribution < -0.4 is 0 Å². The molecule has 7 atom stereocenters. The number of allylic oxidation sites excluding steroid dienone is 2. The highest BCUT2D eigenvalue weighted by atomic mass is 19.1. The second-order valence-electron chi connectivity index (χ2n) is 11.2.